The number of carbonyl (C=O) groups is 2. The molecule has 1 unspecified atom stereocenters. The summed E-state index contributed by atoms with van der Waals surface area (Å²) in [6.45, 7) is 4.17. The van der Waals surface area contributed by atoms with Crippen LogP contribution < -0.4 is 5.73 Å². The summed E-state index contributed by atoms with van der Waals surface area (Å²) in [6, 6.07) is 0. The number of carboxylic acid groups (broad SMARTS) is 1. The van der Waals surface area contributed by atoms with Gasteiger partial charge in [0, 0.05) is 13.1 Å². The van der Waals surface area contributed by atoms with Crippen LogP contribution in [-0.4, -0.2) is 60.9 Å². The van der Waals surface area contributed by atoms with Crippen molar-refractivity contribution in [1.82, 2.24) is 4.90 Å². The fraction of sp³-hybridized carbons (Fsp3) is 0.800. The molecule has 0 aromatic rings. The van der Waals surface area contributed by atoms with Crippen molar-refractivity contribution in [3.05, 3.63) is 0 Å². The van der Waals surface area contributed by atoms with Crippen molar-refractivity contribution in [2.24, 2.45) is 5.73 Å². The van der Waals surface area contributed by atoms with Gasteiger partial charge >= 0.3 is 5.97 Å². The Hall–Kier alpha value is -1.15. The molecule has 0 radical (unpaired) electrons. The van der Waals surface area contributed by atoms with Gasteiger partial charge in [-0.1, -0.05) is 0 Å². The summed E-state index contributed by atoms with van der Waals surface area (Å²) in [5.41, 5.74) is 5.18. The third kappa shape index (κ3) is 4.61. The van der Waals surface area contributed by atoms with E-state index in [4.69, 9.17) is 10.8 Å². The Morgan fingerprint density at radius 3 is 2.11 bits per heavy atom. The van der Waals surface area contributed by atoms with Gasteiger partial charge in [0.2, 0.25) is 5.91 Å². The number of hydrogen-bond acceptors (Lipinski definition) is 5. The second-order valence-electron chi connectivity index (χ2n) is 3.78. The van der Waals surface area contributed by atoms with Crippen molar-refractivity contribution >= 4 is 21.7 Å². The molecule has 0 spiro atoms. The molecule has 0 heterocycles. The van der Waals surface area contributed by atoms with Crippen LogP contribution in [0.4, 0.5) is 0 Å². The Morgan fingerprint density at radius 2 is 1.78 bits per heavy atom. The topological polar surface area (TPSA) is 118 Å². The van der Waals surface area contributed by atoms with E-state index in [0.29, 0.717) is 13.1 Å². The predicted molar refractivity (Wildman–Crippen MR) is 66.8 cm³/mol. The first-order valence-corrected chi connectivity index (χ1v) is 7.43. The van der Waals surface area contributed by atoms with E-state index in [1.165, 1.54) is 4.90 Å². The smallest absolute Gasteiger partial charge is 0.321 e. The van der Waals surface area contributed by atoms with Crippen molar-refractivity contribution < 1.29 is 23.1 Å². The molecule has 106 valence electrons. The third-order valence-corrected chi connectivity index (χ3v) is 4.53. The highest BCUT2D eigenvalue weighted by Gasteiger charge is 2.34. The molecule has 1 amide bonds. The highest BCUT2D eigenvalue weighted by atomic mass is 32.2. The minimum atomic E-state index is -4.02. The van der Waals surface area contributed by atoms with Gasteiger partial charge < -0.3 is 15.7 Å². The van der Waals surface area contributed by atoms with Gasteiger partial charge in [-0.3, -0.25) is 9.59 Å². The molecule has 0 aromatic heterocycles. The van der Waals surface area contributed by atoms with Gasteiger partial charge in [-0.05, 0) is 26.8 Å². The molecular weight excluding hydrogens is 260 g/mol. The number of carboxylic acids is 1. The van der Waals surface area contributed by atoms with E-state index in [9.17, 15) is 18.0 Å². The van der Waals surface area contributed by atoms with Crippen molar-refractivity contribution in [3.8, 4) is 0 Å². The first-order valence-electron chi connectivity index (χ1n) is 5.72. The lowest BCUT2D eigenvalue weighted by atomic mass is 10.3. The average Bonchev–Trinajstić information content (AvgIpc) is 2.26. The third-order valence-electron chi connectivity index (χ3n) is 2.58. The standard InChI is InChI=1S/C10H20N2O5S/c1-3-12(4-2)9(13)7-18(16,17)8(5-6-11)10(14)15/h8H,3-7,11H2,1-2H3,(H,14,15). The second-order valence-corrected chi connectivity index (χ2v) is 5.96. The lowest BCUT2D eigenvalue weighted by molar-refractivity contribution is -0.136. The van der Waals surface area contributed by atoms with Gasteiger partial charge in [0.25, 0.3) is 0 Å². The summed E-state index contributed by atoms with van der Waals surface area (Å²) < 4.78 is 23.6. The Morgan fingerprint density at radius 1 is 1.28 bits per heavy atom. The maximum Gasteiger partial charge on any atom is 0.321 e. The minimum absolute atomic E-state index is 0.0599. The Kier molecular flexibility index (Phi) is 6.85. The lowest BCUT2D eigenvalue weighted by Crippen LogP contribution is -2.41. The molecule has 0 aliphatic carbocycles. The number of nitrogens with zero attached hydrogens (tertiary/aromatic N) is 1. The molecular formula is C10H20N2O5S. The van der Waals surface area contributed by atoms with Gasteiger partial charge in [-0.25, -0.2) is 8.42 Å². The first kappa shape index (κ1) is 16.9. The predicted octanol–water partition coefficient (Wildman–Crippen LogP) is -0.928. The normalized spacial score (nSPS) is 13.1. The number of aliphatic carboxylic acids is 1. The number of nitrogens with two attached hydrogens (primary N) is 1. The first-order chi connectivity index (χ1) is 8.30. The van der Waals surface area contributed by atoms with Crippen LogP contribution in [0.1, 0.15) is 20.3 Å². The maximum atomic E-state index is 11.8. The average molecular weight is 280 g/mol. The van der Waals surface area contributed by atoms with E-state index in [2.05, 4.69) is 0 Å². The van der Waals surface area contributed by atoms with E-state index in [1.807, 2.05) is 0 Å². The summed E-state index contributed by atoms with van der Waals surface area (Å²) >= 11 is 0. The largest absolute Gasteiger partial charge is 0.480 e. The molecule has 0 rings (SSSR count). The van der Waals surface area contributed by atoms with E-state index in [1.54, 1.807) is 13.8 Å². The summed E-state index contributed by atoms with van der Waals surface area (Å²) in [7, 11) is -4.02. The molecule has 7 nitrogen and oxygen atoms in total. The minimum Gasteiger partial charge on any atom is -0.480 e. The number of sulfone groups is 1. The molecule has 0 aromatic carbocycles. The molecule has 18 heavy (non-hydrogen) atoms. The highest BCUT2D eigenvalue weighted by molar-refractivity contribution is 7.93. The van der Waals surface area contributed by atoms with Crippen molar-refractivity contribution in [1.29, 1.82) is 0 Å². The van der Waals surface area contributed by atoms with Crippen LogP contribution in [0, 0.1) is 0 Å². The van der Waals surface area contributed by atoms with E-state index in [-0.39, 0.29) is 13.0 Å². The van der Waals surface area contributed by atoms with Gasteiger partial charge in [0.15, 0.2) is 15.1 Å². The van der Waals surface area contributed by atoms with Gasteiger partial charge in [-0.2, -0.15) is 0 Å². The van der Waals surface area contributed by atoms with Crippen LogP contribution in [0.3, 0.4) is 0 Å². The zero-order chi connectivity index (χ0) is 14.3. The zero-order valence-electron chi connectivity index (χ0n) is 10.6. The van der Waals surface area contributed by atoms with Gasteiger partial charge in [-0.15, -0.1) is 0 Å². The second kappa shape index (κ2) is 7.32. The molecule has 0 saturated carbocycles. The summed E-state index contributed by atoms with van der Waals surface area (Å²) in [5.74, 6) is -2.83. The number of rotatable bonds is 8. The SMILES string of the molecule is CCN(CC)C(=O)CS(=O)(=O)C(CCN)C(=O)O. The van der Waals surface area contributed by atoms with Crippen molar-refractivity contribution in [2.45, 2.75) is 25.5 Å². The Balaban J connectivity index is 4.92. The van der Waals surface area contributed by atoms with Crippen LogP contribution in [0.2, 0.25) is 0 Å². The van der Waals surface area contributed by atoms with Crippen LogP contribution in [0.15, 0.2) is 0 Å². The molecule has 0 fully saturated rings. The summed E-state index contributed by atoms with van der Waals surface area (Å²) in [4.78, 5) is 23.9. The molecule has 0 bridgehead atoms. The van der Waals surface area contributed by atoms with E-state index < -0.39 is 32.7 Å². The Bertz CT molecular complexity index is 389. The van der Waals surface area contributed by atoms with Crippen molar-refractivity contribution in [2.75, 3.05) is 25.4 Å². The fourth-order valence-corrected chi connectivity index (χ4v) is 3.08. The van der Waals surface area contributed by atoms with Crippen LogP contribution in [0.25, 0.3) is 0 Å². The highest BCUT2D eigenvalue weighted by Crippen LogP contribution is 2.08. The number of amides is 1. The fourth-order valence-electron chi connectivity index (χ4n) is 1.55. The summed E-state index contributed by atoms with van der Waals surface area (Å²) in [5, 5.41) is 7.24. The van der Waals surface area contributed by atoms with Crippen LogP contribution in [-0.2, 0) is 19.4 Å². The lowest BCUT2D eigenvalue weighted by Gasteiger charge is -2.20. The molecule has 3 N–H and O–H groups in total. The van der Waals surface area contributed by atoms with Gasteiger partial charge in [0.05, 0.1) is 0 Å². The molecule has 0 saturated heterocycles. The molecule has 0 aliphatic rings. The molecule has 1 atom stereocenters. The number of hydrogen-bond donors (Lipinski definition) is 2. The van der Waals surface area contributed by atoms with E-state index in [0.717, 1.165) is 0 Å². The van der Waals surface area contributed by atoms with Crippen LogP contribution >= 0.6 is 0 Å². The number of carbonyl (C=O) groups excluding carboxylic acids is 1. The maximum absolute atomic E-state index is 11.8. The van der Waals surface area contributed by atoms with Crippen LogP contribution in [0.5, 0.6) is 0 Å². The quantitative estimate of drug-likeness (QED) is 0.593. The Labute approximate surface area is 107 Å². The van der Waals surface area contributed by atoms with Crippen molar-refractivity contribution in [3.63, 3.8) is 0 Å². The monoisotopic (exact) mass is 280 g/mol. The van der Waals surface area contributed by atoms with E-state index >= 15 is 0 Å². The molecule has 0 aliphatic heterocycles. The summed E-state index contributed by atoms with van der Waals surface area (Å²) in [6.07, 6.45) is -0.191. The molecule has 8 heteroatoms. The van der Waals surface area contributed by atoms with Gasteiger partial charge in [0.1, 0.15) is 5.75 Å². The zero-order valence-corrected chi connectivity index (χ0v) is 11.4.